The number of fused-ring (bicyclic) bond motifs is 10. The van der Waals surface area contributed by atoms with Crippen LogP contribution in [0.5, 0.6) is 0 Å². The highest BCUT2D eigenvalue weighted by Crippen LogP contribution is 2.38. The second-order valence-electron chi connectivity index (χ2n) is 11.6. The zero-order valence-electron chi connectivity index (χ0n) is 23.1. The van der Waals surface area contributed by atoms with Crippen LogP contribution in [0.2, 0.25) is 0 Å². The second-order valence-corrected chi connectivity index (χ2v) is 11.6. The average molecular weight is 539 g/mol. The van der Waals surface area contributed by atoms with Gasteiger partial charge in [0.25, 0.3) is 0 Å². The van der Waals surface area contributed by atoms with E-state index in [1.807, 2.05) is 18.3 Å². The maximum atomic E-state index is 5.17. The minimum Gasteiger partial charge on any atom is -0.292 e. The van der Waals surface area contributed by atoms with Gasteiger partial charge in [-0.15, -0.1) is 0 Å². The van der Waals surface area contributed by atoms with Gasteiger partial charge in [-0.1, -0.05) is 85.8 Å². The first kappa shape index (κ1) is 23.4. The fraction of sp³-hybridized carbons (Fsp3) is 0.0789. The molecule has 1 atom stereocenters. The molecule has 0 radical (unpaired) electrons. The Morgan fingerprint density at radius 3 is 2.52 bits per heavy atom. The summed E-state index contributed by atoms with van der Waals surface area (Å²) in [6.45, 7) is 2.30. The summed E-state index contributed by atoms with van der Waals surface area (Å²) in [7, 11) is 0. The minimum atomic E-state index is 0.0148. The molecule has 198 valence electrons. The summed E-state index contributed by atoms with van der Waals surface area (Å²) in [4.78, 5) is 15.0. The van der Waals surface area contributed by atoms with Gasteiger partial charge in [-0.25, -0.2) is 9.97 Å². The van der Waals surface area contributed by atoms with Crippen molar-refractivity contribution in [3.05, 3.63) is 132 Å². The molecule has 0 saturated carbocycles. The lowest BCUT2D eigenvalue weighted by atomic mass is 9.74. The molecule has 4 heterocycles. The summed E-state index contributed by atoms with van der Waals surface area (Å²) in [6.07, 6.45) is 14.0. The lowest BCUT2D eigenvalue weighted by molar-refractivity contribution is 0.588. The van der Waals surface area contributed by atoms with Crippen LogP contribution in [0.1, 0.15) is 13.3 Å². The number of imidazole rings is 1. The molecule has 0 N–H and O–H groups in total. The van der Waals surface area contributed by atoms with Crippen LogP contribution >= 0.6 is 0 Å². The molecule has 0 amide bonds. The van der Waals surface area contributed by atoms with Gasteiger partial charge in [0.05, 0.1) is 33.1 Å². The minimum absolute atomic E-state index is 0.0148. The topological polar surface area (TPSA) is 43.1 Å². The molecule has 4 aromatic heterocycles. The largest absolute Gasteiger partial charge is 0.292 e. The lowest BCUT2D eigenvalue weighted by Crippen LogP contribution is -2.39. The molecule has 0 fully saturated rings. The van der Waals surface area contributed by atoms with Crippen molar-refractivity contribution in [2.45, 2.75) is 13.3 Å². The third-order valence-electron chi connectivity index (χ3n) is 9.00. The highest BCUT2D eigenvalue weighted by atomic mass is 15.0. The van der Waals surface area contributed by atoms with E-state index >= 15 is 0 Å². The molecule has 4 heteroatoms. The van der Waals surface area contributed by atoms with Crippen molar-refractivity contribution in [2.75, 3.05) is 0 Å². The SMILES string of the molecule is C[C@]12C=CC=CC1=c1nc(-c3ccc(-c4ccc5c(c4)c4ncccc4c4nc6ccccc6n54)cc3)ccc1=CC2. The highest BCUT2D eigenvalue weighted by Gasteiger charge is 2.28. The molecule has 42 heavy (non-hydrogen) atoms. The number of aromatic nitrogens is 4. The fourth-order valence-electron chi connectivity index (χ4n) is 6.74. The normalized spacial score (nSPS) is 17.6. The van der Waals surface area contributed by atoms with Crippen LogP contribution < -0.4 is 10.6 Å². The summed E-state index contributed by atoms with van der Waals surface area (Å²) in [6, 6.07) is 32.2. The van der Waals surface area contributed by atoms with Crippen LogP contribution in [0.4, 0.5) is 0 Å². The zero-order chi connectivity index (χ0) is 27.8. The van der Waals surface area contributed by atoms with Crippen molar-refractivity contribution in [1.82, 2.24) is 19.4 Å². The third-order valence-corrected chi connectivity index (χ3v) is 9.00. The van der Waals surface area contributed by atoms with Crippen molar-refractivity contribution in [1.29, 1.82) is 0 Å². The Balaban J connectivity index is 1.18. The van der Waals surface area contributed by atoms with E-state index in [1.54, 1.807) is 0 Å². The monoisotopic (exact) mass is 538 g/mol. The van der Waals surface area contributed by atoms with Gasteiger partial charge < -0.3 is 0 Å². The van der Waals surface area contributed by atoms with Gasteiger partial charge in [0, 0.05) is 27.9 Å². The Morgan fingerprint density at radius 1 is 0.738 bits per heavy atom. The molecule has 0 saturated heterocycles. The van der Waals surface area contributed by atoms with Gasteiger partial charge in [0.15, 0.2) is 0 Å². The quantitative estimate of drug-likeness (QED) is 0.216. The first-order valence-corrected chi connectivity index (χ1v) is 14.4. The Hall–Kier alpha value is -5.35. The molecule has 3 aromatic carbocycles. The van der Waals surface area contributed by atoms with Crippen LogP contribution in [0.25, 0.3) is 72.5 Å². The Labute approximate surface area is 242 Å². The van der Waals surface area contributed by atoms with E-state index in [0.717, 1.165) is 72.6 Å². The van der Waals surface area contributed by atoms with E-state index < -0.39 is 0 Å². The highest BCUT2D eigenvalue weighted by molar-refractivity contribution is 6.12. The number of allylic oxidation sites excluding steroid dienone is 4. The standard InChI is InChI=1S/C38H26N4/c1-38-20-5-4-8-30(38)35-26(19-21-38)15-17-31(40-35)25-13-11-24(12-14-25)27-16-18-33-29(23-27)36-28(7-6-22-39-36)37-41-32-9-2-3-10-34(32)42(33)37/h2-20,22-23H,21H2,1H3/t38-/m1/s1. The van der Waals surface area contributed by atoms with E-state index in [0.29, 0.717) is 0 Å². The summed E-state index contributed by atoms with van der Waals surface area (Å²) in [5.74, 6) is 0. The molecule has 2 aliphatic carbocycles. The molecular formula is C38H26N4. The Morgan fingerprint density at radius 2 is 1.60 bits per heavy atom. The Bertz CT molecular complexity index is 2440. The fourth-order valence-corrected chi connectivity index (χ4v) is 6.74. The van der Waals surface area contributed by atoms with Gasteiger partial charge in [0.2, 0.25) is 0 Å². The van der Waals surface area contributed by atoms with E-state index in [2.05, 4.69) is 121 Å². The van der Waals surface area contributed by atoms with Crippen LogP contribution in [-0.2, 0) is 0 Å². The average Bonchev–Trinajstić information content (AvgIpc) is 3.44. The lowest BCUT2D eigenvalue weighted by Gasteiger charge is -2.30. The summed E-state index contributed by atoms with van der Waals surface area (Å²) < 4.78 is 2.26. The van der Waals surface area contributed by atoms with E-state index in [-0.39, 0.29) is 5.41 Å². The first-order chi connectivity index (χ1) is 20.7. The molecule has 0 unspecified atom stereocenters. The van der Waals surface area contributed by atoms with Crippen molar-refractivity contribution in [3.63, 3.8) is 0 Å². The summed E-state index contributed by atoms with van der Waals surface area (Å²) in [5.41, 5.74) is 10.9. The first-order valence-electron chi connectivity index (χ1n) is 14.4. The predicted octanol–water partition coefficient (Wildman–Crippen LogP) is 7.39. The number of pyridine rings is 3. The smallest absolute Gasteiger partial charge is 0.147 e. The molecule has 0 aliphatic heterocycles. The van der Waals surface area contributed by atoms with Crippen molar-refractivity contribution < 1.29 is 0 Å². The predicted molar refractivity (Wildman–Crippen MR) is 172 cm³/mol. The number of hydrogen-bond acceptors (Lipinski definition) is 3. The van der Waals surface area contributed by atoms with Crippen molar-refractivity contribution >= 4 is 50.1 Å². The summed E-state index contributed by atoms with van der Waals surface area (Å²) in [5, 5.41) is 4.49. The van der Waals surface area contributed by atoms with Crippen LogP contribution in [-0.4, -0.2) is 19.4 Å². The number of benzene rings is 3. The zero-order valence-corrected chi connectivity index (χ0v) is 23.1. The van der Waals surface area contributed by atoms with Gasteiger partial charge in [-0.2, -0.15) is 0 Å². The number of para-hydroxylation sites is 2. The third kappa shape index (κ3) is 3.32. The molecule has 7 aromatic rings. The summed E-state index contributed by atoms with van der Waals surface area (Å²) >= 11 is 0. The van der Waals surface area contributed by atoms with E-state index in [1.165, 1.54) is 10.8 Å². The van der Waals surface area contributed by atoms with Gasteiger partial charge in [-0.05, 0) is 70.8 Å². The van der Waals surface area contributed by atoms with Crippen LogP contribution in [0.3, 0.4) is 0 Å². The second kappa shape index (κ2) is 8.58. The Kier molecular flexibility index (Phi) is 4.77. The maximum absolute atomic E-state index is 5.17. The van der Waals surface area contributed by atoms with Crippen molar-refractivity contribution in [3.8, 4) is 22.4 Å². The van der Waals surface area contributed by atoms with Crippen LogP contribution in [0.15, 0.2) is 121 Å². The number of rotatable bonds is 2. The molecule has 9 rings (SSSR count). The molecule has 0 bridgehead atoms. The molecule has 4 nitrogen and oxygen atoms in total. The maximum Gasteiger partial charge on any atom is 0.147 e. The van der Waals surface area contributed by atoms with Crippen LogP contribution in [0, 0.1) is 5.41 Å². The van der Waals surface area contributed by atoms with Gasteiger partial charge in [0.1, 0.15) is 5.65 Å². The number of hydrogen-bond donors (Lipinski definition) is 0. The van der Waals surface area contributed by atoms with E-state index in [9.17, 15) is 0 Å². The van der Waals surface area contributed by atoms with Gasteiger partial charge >= 0.3 is 0 Å². The molecule has 0 spiro atoms. The molecule has 2 aliphatic rings. The molecular weight excluding hydrogens is 512 g/mol. The van der Waals surface area contributed by atoms with Crippen molar-refractivity contribution in [2.24, 2.45) is 5.41 Å². The number of nitrogens with zero attached hydrogens (tertiary/aromatic N) is 4. The van der Waals surface area contributed by atoms with E-state index in [4.69, 9.17) is 15.0 Å². The van der Waals surface area contributed by atoms with Gasteiger partial charge in [-0.3, -0.25) is 9.38 Å².